The molecule has 0 amide bonds. The van der Waals surface area contributed by atoms with Gasteiger partial charge in [-0.05, 0) is 6.42 Å². The van der Waals surface area contributed by atoms with Crippen LogP contribution in [0.25, 0.3) is 0 Å². The first-order valence-corrected chi connectivity index (χ1v) is 5.25. The molecule has 2 nitrogen and oxygen atoms in total. The van der Waals surface area contributed by atoms with Gasteiger partial charge in [-0.2, -0.15) is 0 Å². The van der Waals surface area contributed by atoms with Crippen LogP contribution >= 0.6 is 0 Å². The Labute approximate surface area is 92.6 Å². The highest BCUT2D eigenvalue weighted by Crippen LogP contribution is 2.12. The van der Waals surface area contributed by atoms with Gasteiger partial charge in [-0.15, -0.1) is 0 Å². The van der Waals surface area contributed by atoms with Crippen LogP contribution in [-0.2, 0) is 9.84 Å². The highest BCUT2D eigenvalue weighted by Gasteiger charge is 2.23. The maximum atomic E-state index is 12.9. The van der Waals surface area contributed by atoms with Crippen LogP contribution in [0.4, 0.5) is 17.6 Å². The first-order chi connectivity index (χ1) is 7.52. The molecule has 4 atom stereocenters. The number of hydrogen-bond donors (Lipinski definition) is 0. The standard InChI is InChI=1S/C10H17F4O2/c1-2-3-7(11)9(13)5-16-6-10(14)8(12)4-15/h7-10H,2-6H2,1H3/t7-,8?,9-,10?/m0/s1. The molecule has 0 N–H and O–H groups in total. The molecule has 0 heterocycles. The van der Waals surface area contributed by atoms with E-state index in [4.69, 9.17) is 0 Å². The Kier molecular flexibility index (Phi) is 8.56. The van der Waals surface area contributed by atoms with Crippen LogP contribution in [0.5, 0.6) is 0 Å². The Morgan fingerprint density at radius 3 is 1.88 bits per heavy atom. The predicted molar refractivity (Wildman–Crippen MR) is 50.9 cm³/mol. The van der Waals surface area contributed by atoms with Crippen molar-refractivity contribution in [1.82, 2.24) is 0 Å². The van der Waals surface area contributed by atoms with Gasteiger partial charge in [0, 0.05) is 0 Å². The van der Waals surface area contributed by atoms with Gasteiger partial charge in [-0.3, -0.25) is 0 Å². The average Bonchev–Trinajstić information content (AvgIpc) is 2.27. The fourth-order valence-corrected chi connectivity index (χ4v) is 1.06. The smallest absolute Gasteiger partial charge is 0.160 e. The predicted octanol–water partition coefficient (Wildman–Crippen LogP) is 2.59. The molecule has 0 aliphatic rings. The maximum Gasteiger partial charge on any atom is 0.160 e. The van der Waals surface area contributed by atoms with Gasteiger partial charge >= 0.3 is 0 Å². The molecule has 0 bridgehead atoms. The lowest BCUT2D eigenvalue weighted by Gasteiger charge is -2.15. The summed E-state index contributed by atoms with van der Waals surface area (Å²) in [6.45, 7) is -0.833. The van der Waals surface area contributed by atoms with Crippen LogP contribution in [0.3, 0.4) is 0 Å². The molecule has 0 saturated carbocycles. The molecule has 2 unspecified atom stereocenters. The van der Waals surface area contributed by atoms with Crippen molar-refractivity contribution in [3.8, 4) is 0 Å². The fraction of sp³-hybridized carbons (Fsp3) is 1.00. The minimum Gasteiger partial charge on any atom is -0.375 e. The van der Waals surface area contributed by atoms with Crippen molar-refractivity contribution in [1.29, 1.82) is 0 Å². The largest absolute Gasteiger partial charge is 0.375 e. The van der Waals surface area contributed by atoms with Crippen LogP contribution in [0, 0.1) is 0 Å². The Morgan fingerprint density at radius 1 is 0.938 bits per heavy atom. The zero-order valence-electron chi connectivity index (χ0n) is 9.17. The molecule has 97 valence electrons. The van der Waals surface area contributed by atoms with Crippen LogP contribution in [-0.4, -0.2) is 44.5 Å². The number of hydrogen-bond acceptors (Lipinski definition) is 1. The number of ether oxygens (including phenoxy) is 1. The second-order valence-corrected chi connectivity index (χ2v) is 3.56. The molecular formula is C10H17F4O2. The topological polar surface area (TPSA) is 29.1 Å². The van der Waals surface area contributed by atoms with E-state index in [1.807, 2.05) is 0 Å². The van der Waals surface area contributed by atoms with Crippen molar-refractivity contribution >= 4 is 0 Å². The summed E-state index contributed by atoms with van der Waals surface area (Å²) in [4.78, 5) is 0. The molecule has 0 spiro atoms. The summed E-state index contributed by atoms with van der Waals surface area (Å²) in [7, 11) is 0. The third-order valence-corrected chi connectivity index (χ3v) is 2.06. The van der Waals surface area contributed by atoms with E-state index in [1.165, 1.54) is 0 Å². The SMILES string of the molecule is CCC[C@H](F)[C@@H](F)COCC(F)C(F)C[O]. The van der Waals surface area contributed by atoms with Crippen LogP contribution in [0.2, 0.25) is 0 Å². The number of rotatable bonds is 9. The van der Waals surface area contributed by atoms with Crippen molar-refractivity contribution in [3.05, 3.63) is 0 Å². The third kappa shape index (κ3) is 6.27. The normalized spacial score (nSPS) is 19.1. The molecule has 0 aromatic heterocycles. The monoisotopic (exact) mass is 245 g/mol. The molecule has 0 aromatic rings. The number of halogens is 4. The van der Waals surface area contributed by atoms with Crippen LogP contribution < -0.4 is 0 Å². The van der Waals surface area contributed by atoms with Gasteiger partial charge in [0.2, 0.25) is 0 Å². The van der Waals surface area contributed by atoms with E-state index in [0.29, 0.717) is 6.42 Å². The summed E-state index contributed by atoms with van der Waals surface area (Å²) in [5, 5.41) is 9.96. The summed E-state index contributed by atoms with van der Waals surface area (Å²) in [5.74, 6) is 0. The van der Waals surface area contributed by atoms with E-state index in [-0.39, 0.29) is 6.42 Å². The fourth-order valence-electron chi connectivity index (χ4n) is 1.06. The van der Waals surface area contributed by atoms with Gasteiger partial charge < -0.3 is 4.74 Å². The van der Waals surface area contributed by atoms with Crippen molar-refractivity contribution in [2.24, 2.45) is 0 Å². The molecule has 0 aliphatic heterocycles. The van der Waals surface area contributed by atoms with E-state index >= 15 is 0 Å². The van der Waals surface area contributed by atoms with Crippen molar-refractivity contribution in [3.63, 3.8) is 0 Å². The first kappa shape index (κ1) is 15.6. The van der Waals surface area contributed by atoms with Gasteiger partial charge in [0.05, 0.1) is 13.2 Å². The zero-order valence-corrected chi connectivity index (χ0v) is 9.17. The lowest BCUT2D eigenvalue weighted by atomic mass is 10.1. The van der Waals surface area contributed by atoms with E-state index in [2.05, 4.69) is 4.74 Å². The minimum atomic E-state index is -2.16. The molecule has 16 heavy (non-hydrogen) atoms. The summed E-state index contributed by atoms with van der Waals surface area (Å²) in [6.07, 6.45) is -7.16. The van der Waals surface area contributed by atoms with Gasteiger partial charge in [-0.25, -0.2) is 22.7 Å². The highest BCUT2D eigenvalue weighted by molar-refractivity contribution is 4.69. The Morgan fingerprint density at radius 2 is 1.44 bits per heavy atom. The van der Waals surface area contributed by atoms with Crippen LogP contribution in [0.1, 0.15) is 19.8 Å². The average molecular weight is 245 g/mol. The van der Waals surface area contributed by atoms with E-state index in [0.717, 1.165) is 0 Å². The molecule has 0 aromatic carbocycles. The van der Waals surface area contributed by atoms with Gasteiger partial charge in [-0.1, -0.05) is 13.3 Å². The van der Waals surface area contributed by atoms with Gasteiger partial charge in [0.25, 0.3) is 0 Å². The summed E-state index contributed by atoms with van der Waals surface area (Å²) >= 11 is 0. The summed E-state index contributed by atoms with van der Waals surface area (Å²) in [6, 6.07) is 0. The lowest BCUT2D eigenvalue weighted by Crippen LogP contribution is -2.29. The Balaban J connectivity index is 3.64. The Bertz CT molecular complexity index is 171. The minimum absolute atomic E-state index is 0.0654. The summed E-state index contributed by atoms with van der Waals surface area (Å²) in [5.41, 5.74) is 0. The highest BCUT2D eigenvalue weighted by atomic mass is 19.2. The lowest BCUT2D eigenvalue weighted by molar-refractivity contribution is -0.0176. The van der Waals surface area contributed by atoms with Gasteiger partial charge in [0.15, 0.2) is 18.5 Å². The second-order valence-electron chi connectivity index (χ2n) is 3.56. The molecule has 0 saturated heterocycles. The molecule has 0 fully saturated rings. The first-order valence-electron chi connectivity index (χ1n) is 5.25. The molecule has 0 rings (SSSR count). The molecule has 1 radical (unpaired) electrons. The second kappa shape index (κ2) is 8.75. The van der Waals surface area contributed by atoms with E-state index in [9.17, 15) is 22.7 Å². The third-order valence-electron chi connectivity index (χ3n) is 2.06. The van der Waals surface area contributed by atoms with E-state index in [1.54, 1.807) is 6.92 Å². The van der Waals surface area contributed by atoms with Gasteiger partial charge in [0.1, 0.15) is 12.8 Å². The maximum absolute atomic E-state index is 12.9. The number of alkyl halides is 4. The van der Waals surface area contributed by atoms with Crippen LogP contribution in [0.15, 0.2) is 0 Å². The van der Waals surface area contributed by atoms with E-state index < -0.39 is 44.5 Å². The Hall–Kier alpha value is -0.360. The zero-order chi connectivity index (χ0) is 12.6. The van der Waals surface area contributed by atoms with Crippen molar-refractivity contribution in [2.45, 2.75) is 44.5 Å². The molecule has 0 aliphatic carbocycles. The summed E-state index contributed by atoms with van der Waals surface area (Å²) < 4.78 is 55.4. The van der Waals surface area contributed by atoms with Crippen molar-refractivity contribution < 1.29 is 27.4 Å². The molecular weight excluding hydrogens is 228 g/mol. The van der Waals surface area contributed by atoms with Crippen molar-refractivity contribution in [2.75, 3.05) is 19.8 Å². The quantitative estimate of drug-likeness (QED) is 0.574. The molecule has 6 heteroatoms.